The van der Waals surface area contributed by atoms with Gasteiger partial charge in [0.2, 0.25) is 5.91 Å². The van der Waals surface area contributed by atoms with Gasteiger partial charge in [0, 0.05) is 30.7 Å². The molecular formula is C25H21N3O. The number of aromatic nitrogens is 2. The van der Waals surface area contributed by atoms with Crippen molar-refractivity contribution in [2.45, 2.75) is 12.5 Å². The summed E-state index contributed by atoms with van der Waals surface area (Å²) < 4.78 is 0. The topological polar surface area (TPSA) is 54.9 Å². The number of nitrogens with zero attached hydrogens (tertiary/aromatic N) is 2. The zero-order valence-corrected chi connectivity index (χ0v) is 15.9. The summed E-state index contributed by atoms with van der Waals surface area (Å²) in [5.41, 5.74) is 4.73. The molecule has 0 radical (unpaired) electrons. The van der Waals surface area contributed by atoms with E-state index in [1.165, 1.54) is 0 Å². The van der Waals surface area contributed by atoms with Crippen LogP contribution in [0.3, 0.4) is 0 Å². The van der Waals surface area contributed by atoms with Gasteiger partial charge in [-0.15, -0.1) is 0 Å². The monoisotopic (exact) mass is 379 g/mol. The van der Waals surface area contributed by atoms with E-state index in [2.05, 4.69) is 15.3 Å². The fraction of sp³-hybridized carbons (Fsp3) is 0.0800. The van der Waals surface area contributed by atoms with Crippen molar-refractivity contribution in [2.75, 3.05) is 0 Å². The Labute approximate surface area is 170 Å². The summed E-state index contributed by atoms with van der Waals surface area (Å²) >= 11 is 0. The fourth-order valence-electron chi connectivity index (χ4n) is 3.33. The third kappa shape index (κ3) is 4.55. The van der Waals surface area contributed by atoms with Gasteiger partial charge >= 0.3 is 0 Å². The van der Waals surface area contributed by atoms with Gasteiger partial charge in [0.1, 0.15) is 0 Å². The number of hydrogen-bond acceptors (Lipinski definition) is 3. The lowest BCUT2D eigenvalue weighted by Crippen LogP contribution is -2.29. The summed E-state index contributed by atoms with van der Waals surface area (Å²) in [6.45, 7) is 0.435. The number of benzene rings is 2. The minimum absolute atomic E-state index is 0.0258. The summed E-state index contributed by atoms with van der Waals surface area (Å²) in [5.74, 6) is -0.376. The molecular weight excluding hydrogens is 358 g/mol. The average Bonchev–Trinajstić information content (AvgIpc) is 2.80. The maximum absolute atomic E-state index is 13.1. The van der Waals surface area contributed by atoms with Crippen LogP contribution in [0.15, 0.2) is 104 Å². The third-order valence-electron chi connectivity index (χ3n) is 4.78. The van der Waals surface area contributed by atoms with E-state index in [-0.39, 0.29) is 11.8 Å². The lowest BCUT2D eigenvalue weighted by atomic mass is 9.90. The Bertz CT molecular complexity index is 1030. The highest BCUT2D eigenvalue weighted by Gasteiger charge is 2.22. The molecule has 0 bridgehead atoms. The number of rotatable bonds is 6. The van der Waals surface area contributed by atoms with Crippen LogP contribution in [-0.4, -0.2) is 15.9 Å². The van der Waals surface area contributed by atoms with Crippen LogP contribution in [0.5, 0.6) is 0 Å². The molecule has 4 heteroatoms. The molecule has 4 aromatic rings. The van der Waals surface area contributed by atoms with Crippen LogP contribution in [0.25, 0.3) is 11.3 Å². The maximum atomic E-state index is 13.1. The van der Waals surface area contributed by atoms with E-state index in [9.17, 15) is 4.79 Å². The van der Waals surface area contributed by atoms with Crippen molar-refractivity contribution in [3.8, 4) is 11.3 Å². The summed E-state index contributed by atoms with van der Waals surface area (Å²) in [7, 11) is 0. The number of nitrogens with one attached hydrogen (secondary N) is 1. The number of pyridine rings is 2. The van der Waals surface area contributed by atoms with E-state index in [0.717, 1.165) is 27.9 Å². The highest BCUT2D eigenvalue weighted by Crippen LogP contribution is 2.25. The van der Waals surface area contributed by atoms with Gasteiger partial charge in [-0.25, -0.2) is 0 Å². The summed E-state index contributed by atoms with van der Waals surface area (Å²) in [4.78, 5) is 21.7. The molecule has 4 rings (SSSR count). The van der Waals surface area contributed by atoms with Gasteiger partial charge in [-0.3, -0.25) is 14.8 Å². The van der Waals surface area contributed by atoms with Crippen LogP contribution < -0.4 is 5.32 Å². The van der Waals surface area contributed by atoms with Gasteiger partial charge in [-0.05, 0) is 41.0 Å². The van der Waals surface area contributed by atoms with Gasteiger partial charge in [0.25, 0.3) is 0 Å². The molecule has 0 saturated heterocycles. The molecule has 0 saturated carbocycles. The van der Waals surface area contributed by atoms with Crippen molar-refractivity contribution in [2.24, 2.45) is 0 Å². The second-order valence-corrected chi connectivity index (χ2v) is 6.76. The van der Waals surface area contributed by atoms with E-state index in [0.29, 0.717) is 6.54 Å². The predicted molar refractivity (Wildman–Crippen MR) is 114 cm³/mol. The first-order valence-electron chi connectivity index (χ1n) is 9.54. The molecule has 2 aromatic carbocycles. The Balaban J connectivity index is 1.53. The average molecular weight is 379 g/mol. The Hall–Kier alpha value is -3.79. The quantitative estimate of drug-likeness (QED) is 0.533. The van der Waals surface area contributed by atoms with Crippen molar-refractivity contribution in [3.63, 3.8) is 0 Å². The van der Waals surface area contributed by atoms with Gasteiger partial charge in [-0.1, -0.05) is 60.7 Å². The van der Waals surface area contributed by atoms with Crippen LogP contribution in [-0.2, 0) is 11.3 Å². The van der Waals surface area contributed by atoms with Crippen LogP contribution in [0.1, 0.15) is 22.6 Å². The Morgan fingerprint density at radius 3 is 2.14 bits per heavy atom. The summed E-state index contributed by atoms with van der Waals surface area (Å²) in [5, 5.41) is 3.09. The molecule has 0 atom stereocenters. The Morgan fingerprint density at radius 1 is 0.828 bits per heavy atom. The number of carbonyl (C=O) groups excluding carboxylic acids is 1. The number of carbonyl (C=O) groups is 1. The minimum atomic E-state index is -0.350. The smallest absolute Gasteiger partial charge is 0.232 e. The largest absolute Gasteiger partial charge is 0.351 e. The Kier molecular flexibility index (Phi) is 5.72. The molecule has 4 nitrogen and oxygen atoms in total. The SMILES string of the molecule is O=C(NCc1ccnc(-c2cccnc2)c1)C(c1ccccc1)c1ccccc1. The first-order valence-corrected chi connectivity index (χ1v) is 9.54. The van der Waals surface area contributed by atoms with E-state index >= 15 is 0 Å². The molecule has 2 aromatic heterocycles. The van der Waals surface area contributed by atoms with Crippen molar-refractivity contribution >= 4 is 5.91 Å². The molecule has 0 fully saturated rings. The maximum Gasteiger partial charge on any atom is 0.232 e. The number of amides is 1. The molecule has 29 heavy (non-hydrogen) atoms. The van der Waals surface area contributed by atoms with Gasteiger partial charge in [-0.2, -0.15) is 0 Å². The molecule has 0 unspecified atom stereocenters. The number of hydrogen-bond donors (Lipinski definition) is 1. The van der Waals surface area contributed by atoms with Gasteiger partial charge in [0.05, 0.1) is 11.6 Å². The minimum Gasteiger partial charge on any atom is -0.351 e. The molecule has 2 heterocycles. The van der Waals surface area contributed by atoms with Crippen molar-refractivity contribution in [1.82, 2.24) is 15.3 Å². The first-order chi connectivity index (χ1) is 14.3. The van der Waals surface area contributed by atoms with Gasteiger partial charge in [0.15, 0.2) is 0 Å². The highest BCUT2D eigenvalue weighted by atomic mass is 16.1. The molecule has 0 spiro atoms. The lowest BCUT2D eigenvalue weighted by Gasteiger charge is -2.18. The third-order valence-corrected chi connectivity index (χ3v) is 4.78. The second kappa shape index (κ2) is 8.93. The standard InChI is InChI=1S/C25H21N3O/c29-25(24(20-8-3-1-4-9-20)21-10-5-2-6-11-21)28-17-19-13-15-27-23(16-19)22-12-7-14-26-18-22/h1-16,18,24H,17H2,(H,28,29). The molecule has 1 N–H and O–H groups in total. The Morgan fingerprint density at radius 2 is 1.52 bits per heavy atom. The van der Waals surface area contributed by atoms with E-state index in [1.54, 1.807) is 18.6 Å². The van der Waals surface area contributed by atoms with Crippen LogP contribution in [0.2, 0.25) is 0 Å². The normalized spacial score (nSPS) is 10.7. The fourth-order valence-corrected chi connectivity index (χ4v) is 3.33. The molecule has 142 valence electrons. The molecule has 1 amide bonds. The zero-order chi connectivity index (χ0) is 19.9. The van der Waals surface area contributed by atoms with Crippen LogP contribution >= 0.6 is 0 Å². The lowest BCUT2D eigenvalue weighted by molar-refractivity contribution is -0.121. The molecule has 0 aliphatic carbocycles. The molecule has 0 aliphatic heterocycles. The van der Waals surface area contributed by atoms with Crippen molar-refractivity contribution in [1.29, 1.82) is 0 Å². The van der Waals surface area contributed by atoms with E-state index < -0.39 is 0 Å². The second-order valence-electron chi connectivity index (χ2n) is 6.76. The van der Waals surface area contributed by atoms with Crippen molar-refractivity contribution in [3.05, 3.63) is 120 Å². The van der Waals surface area contributed by atoms with Gasteiger partial charge < -0.3 is 5.32 Å². The van der Waals surface area contributed by atoms with E-state index in [4.69, 9.17) is 0 Å². The summed E-state index contributed by atoms with van der Waals surface area (Å²) in [6.07, 6.45) is 5.28. The van der Waals surface area contributed by atoms with Crippen LogP contribution in [0.4, 0.5) is 0 Å². The first kappa shape index (κ1) is 18.6. The molecule has 0 aliphatic rings. The van der Waals surface area contributed by atoms with Crippen LogP contribution in [0, 0.1) is 0 Å². The predicted octanol–water partition coefficient (Wildman–Crippen LogP) is 4.59. The summed E-state index contributed by atoms with van der Waals surface area (Å²) in [6, 6.07) is 27.5. The van der Waals surface area contributed by atoms with E-state index in [1.807, 2.05) is 84.9 Å². The highest BCUT2D eigenvalue weighted by molar-refractivity contribution is 5.87. The van der Waals surface area contributed by atoms with Crippen molar-refractivity contribution < 1.29 is 4.79 Å². The zero-order valence-electron chi connectivity index (χ0n) is 15.9.